The number of nitrogens with one attached hydrogen (secondary N) is 1. The van der Waals surface area contributed by atoms with E-state index in [1.807, 2.05) is 43.2 Å². The molecule has 1 saturated heterocycles. The van der Waals surface area contributed by atoms with Crippen molar-refractivity contribution in [2.45, 2.75) is 26.3 Å². The minimum absolute atomic E-state index is 0.172. The molecule has 0 saturated carbocycles. The number of rotatable bonds is 5. The zero-order valence-electron chi connectivity index (χ0n) is 15.0. The molecule has 1 aliphatic heterocycles. The molecule has 6 heteroatoms. The van der Waals surface area contributed by atoms with E-state index < -0.39 is 0 Å². The van der Waals surface area contributed by atoms with Crippen molar-refractivity contribution in [1.29, 1.82) is 0 Å². The van der Waals surface area contributed by atoms with Crippen LogP contribution in [0.4, 0.5) is 4.39 Å². The number of benzene rings is 1. The monoisotopic (exact) mass is 343 g/mol. The van der Waals surface area contributed by atoms with Gasteiger partial charge in [-0.15, -0.1) is 0 Å². The van der Waals surface area contributed by atoms with E-state index in [0.717, 1.165) is 45.0 Å². The summed E-state index contributed by atoms with van der Waals surface area (Å²) in [7, 11) is 1.83. The van der Waals surface area contributed by atoms with Gasteiger partial charge in [-0.3, -0.25) is 9.67 Å². The quantitative estimate of drug-likeness (QED) is 0.670. The minimum Gasteiger partial charge on any atom is -0.354 e. The van der Waals surface area contributed by atoms with E-state index in [1.165, 1.54) is 11.1 Å². The number of guanidine groups is 1. The SMILES string of the molecule is CN=C(NCCn1cc(C)cn1)N1CCC(Cc2ccc(F)cc2)C1. The second kappa shape index (κ2) is 8.14. The van der Waals surface area contributed by atoms with Crippen molar-refractivity contribution in [1.82, 2.24) is 20.0 Å². The summed E-state index contributed by atoms with van der Waals surface area (Å²) in [5, 5.41) is 7.72. The van der Waals surface area contributed by atoms with E-state index >= 15 is 0 Å². The van der Waals surface area contributed by atoms with Gasteiger partial charge in [0, 0.05) is 32.9 Å². The Balaban J connectivity index is 1.46. The molecule has 1 aromatic heterocycles. The number of hydrogen-bond acceptors (Lipinski definition) is 2. The summed E-state index contributed by atoms with van der Waals surface area (Å²) in [5.41, 5.74) is 2.37. The summed E-state index contributed by atoms with van der Waals surface area (Å²) in [4.78, 5) is 6.72. The van der Waals surface area contributed by atoms with Crippen LogP contribution in [-0.4, -0.2) is 47.3 Å². The van der Waals surface area contributed by atoms with Gasteiger partial charge in [-0.05, 0) is 48.9 Å². The van der Waals surface area contributed by atoms with Crippen LogP contribution in [0.15, 0.2) is 41.7 Å². The first-order valence-electron chi connectivity index (χ1n) is 8.83. The topological polar surface area (TPSA) is 45.5 Å². The maximum atomic E-state index is 13.0. The van der Waals surface area contributed by atoms with E-state index in [9.17, 15) is 4.39 Å². The Morgan fingerprint density at radius 3 is 2.84 bits per heavy atom. The molecule has 1 unspecified atom stereocenters. The van der Waals surface area contributed by atoms with Crippen molar-refractivity contribution >= 4 is 5.96 Å². The largest absolute Gasteiger partial charge is 0.354 e. The van der Waals surface area contributed by atoms with Gasteiger partial charge in [0.15, 0.2) is 5.96 Å². The molecule has 0 radical (unpaired) electrons. The molecule has 2 aromatic rings. The Morgan fingerprint density at radius 1 is 1.36 bits per heavy atom. The van der Waals surface area contributed by atoms with E-state index in [4.69, 9.17) is 0 Å². The van der Waals surface area contributed by atoms with Crippen LogP contribution in [0.3, 0.4) is 0 Å². The molecule has 134 valence electrons. The van der Waals surface area contributed by atoms with Gasteiger partial charge in [-0.1, -0.05) is 12.1 Å². The standard InChI is InChI=1S/C19H26FN5/c1-15-12-23-25(13-15)10-8-22-19(21-2)24-9-7-17(14-24)11-16-3-5-18(20)6-4-16/h3-6,12-13,17H,7-11,14H2,1-2H3,(H,21,22). The second-order valence-electron chi connectivity index (χ2n) is 6.69. The summed E-state index contributed by atoms with van der Waals surface area (Å²) in [5.74, 6) is 1.36. The third-order valence-electron chi connectivity index (χ3n) is 4.62. The number of aliphatic imine (C=N–C) groups is 1. The Labute approximate surface area is 148 Å². The number of aryl methyl sites for hydroxylation is 1. The van der Waals surface area contributed by atoms with Crippen LogP contribution in [0.2, 0.25) is 0 Å². The van der Waals surface area contributed by atoms with E-state index in [0.29, 0.717) is 5.92 Å². The van der Waals surface area contributed by atoms with Crippen LogP contribution >= 0.6 is 0 Å². The van der Waals surface area contributed by atoms with Gasteiger partial charge in [0.1, 0.15) is 5.82 Å². The lowest BCUT2D eigenvalue weighted by molar-refractivity contribution is 0.455. The summed E-state index contributed by atoms with van der Waals surface area (Å²) in [6.45, 7) is 5.65. The summed E-state index contributed by atoms with van der Waals surface area (Å²) in [6.07, 6.45) is 6.03. The summed E-state index contributed by atoms with van der Waals surface area (Å²) < 4.78 is 15.0. The van der Waals surface area contributed by atoms with Gasteiger partial charge >= 0.3 is 0 Å². The third kappa shape index (κ3) is 4.81. The molecule has 1 aromatic carbocycles. The van der Waals surface area contributed by atoms with E-state index in [2.05, 4.69) is 20.3 Å². The fourth-order valence-corrected chi connectivity index (χ4v) is 3.35. The van der Waals surface area contributed by atoms with E-state index in [-0.39, 0.29) is 5.82 Å². The maximum absolute atomic E-state index is 13.0. The predicted octanol–water partition coefficient (Wildman–Crippen LogP) is 2.47. The Morgan fingerprint density at radius 2 is 2.16 bits per heavy atom. The first-order chi connectivity index (χ1) is 12.1. The van der Waals surface area contributed by atoms with Gasteiger partial charge in [-0.25, -0.2) is 4.39 Å². The Kier molecular flexibility index (Phi) is 5.68. The van der Waals surface area contributed by atoms with Crippen molar-refractivity contribution in [3.8, 4) is 0 Å². The number of nitrogens with zero attached hydrogens (tertiary/aromatic N) is 4. The number of aromatic nitrogens is 2. The molecular weight excluding hydrogens is 317 g/mol. The molecule has 3 rings (SSSR count). The molecule has 1 atom stereocenters. The highest BCUT2D eigenvalue weighted by atomic mass is 19.1. The average molecular weight is 343 g/mol. The zero-order chi connectivity index (χ0) is 17.6. The van der Waals surface area contributed by atoms with Crippen LogP contribution in [0.1, 0.15) is 17.5 Å². The Hall–Kier alpha value is -2.37. The minimum atomic E-state index is -0.172. The van der Waals surface area contributed by atoms with Crippen molar-refractivity contribution in [3.63, 3.8) is 0 Å². The number of likely N-dealkylation sites (tertiary alicyclic amines) is 1. The molecule has 0 spiro atoms. The number of halogens is 1. The van der Waals surface area contributed by atoms with Crippen molar-refractivity contribution in [3.05, 3.63) is 53.6 Å². The van der Waals surface area contributed by atoms with Gasteiger partial charge < -0.3 is 10.2 Å². The molecular formula is C19H26FN5. The van der Waals surface area contributed by atoms with Crippen LogP contribution in [-0.2, 0) is 13.0 Å². The van der Waals surface area contributed by atoms with Crippen LogP contribution in [0, 0.1) is 18.7 Å². The highest BCUT2D eigenvalue weighted by Gasteiger charge is 2.24. The molecule has 2 heterocycles. The first kappa shape index (κ1) is 17.5. The second-order valence-corrected chi connectivity index (χ2v) is 6.69. The first-order valence-corrected chi connectivity index (χ1v) is 8.83. The van der Waals surface area contributed by atoms with Crippen molar-refractivity contribution in [2.75, 3.05) is 26.7 Å². The molecule has 1 aliphatic rings. The summed E-state index contributed by atoms with van der Waals surface area (Å²) in [6, 6.07) is 6.85. The number of hydrogen-bond donors (Lipinski definition) is 1. The van der Waals surface area contributed by atoms with Crippen LogP contribution in [0.25, 0.3) is 0 Å². The highest BCUT2D eigenvalue weighted by Crippen LogP contribution is 2.21. The van der Waals surface area contributed by atoms with Gasteiger partial charge in [0.2, 0.25) is 0 Å². The van der Waals surface area contributed by atoms with Gasteiger partial charge in [-0.2, -0.15) is 5.10 Å². The smallest absolute Gasteiger partial charge is 0.193 e. The fourth-order valence-electron chi connectivity index (χ4n) is 3.35. The summed E-state index contributed by atoms with van der Waals surface area (Å²) >= 11 is 0. The van der Waals surface area contributed by atoms with Gasteiger partial charge in [0.05, 0.1) is 12.7 Å². The van der Waals surface area contributed by atoms with E-state index in [1.54, 1.807) is 12.1 Å². The van der Waals surface area contributed by atoms with Crippen LogP contribution < -0.4 is 5.32 Å². The molecule has 0 amide bonds. The lowest BCUT2D eigenvalue weighted by atomic mass is 9.99. The lowest BCUT2D eigenvalue weighted by Crippen LogP contribution is -2.41. The molecule has 0 bridgehead atoms. The van der Waals surface area contributed by atoms with Crippen molar-refractivity contribution in [2.24, 2.45) is 10.9 Å². The average Bonchev–Trinajstić information content (AvgIpc) is 3.23. The molecule has 0 aliphatic carbocycles. The predicted molar refractivity (Wildman–Crippen MR) is 98.1 cm³/mol. The normalized spacial score (nSPS) is 18.0. The van der Waals surface area contributed by atoms with Gasteiger partial charge in [0.25, 0.3) is 0 Å². The molecule has 5 nitrogen and oxygen atoms in total. The third-order valence-corrected chi connectivity index (χ3v) is 4.62. The molecule has 1 fully saturated rings. The van der Waals surface area contributed by atoms with Crippen LogP contribution in [0.5, 0.6) is 0 Å². The lowest BCUT2D eigenvalue weighted by Gasteiger charge is -2.21. The highest BCUT2D eigenvalue weighted by molar-refractivity contribution is 5.80. The zero-order valence-corrected chi connectivity index (χ0v) is 15.0. The maximum Gasteiger partial charge on any atom is 0.193 e. The Bertz CT molecular complexity index is 707. The molecule has 1 N–H and O–H groups in total. The molecule has 25 heavy (non-hydrogen) atoms. The van der Waals surface area contributed by atoms with Crippen molar-refractivity contribution < 1.29 is 4.39 Å². The fraction of sp³-hybridized carbons (Fsp3) is 0.474.